The summed E-state index contributed by atoms with van der Waals surface area (Å²) in [5.74, 6) is 0. The van der Waals surface area contributed by atoms with Crippen molar-refractivity contribution in [2.75, 3.05) is 6.54 Å². The van der Waals surface area contributed by atoms with Gasteiger partial charge in [0.15, 0.2) is 0 Å². The van der Waals surface area contributed by atoms with Gasteiger partial charge in [-0.05, 0) is 32.6 Å². The van der Waals surface area contributed by atoms with E-state index in [2.05, 4.69) is 17.5 Å². The molecule has 0 heterocycles. The van der Waals surface area contributed by atoms with Gasteiger partial charge < -0.3 is 10.4 Å². The van der Waals surface area contributed by atoms with Crippen LogP contribution in [-0.2, 0) is 0 Å². The lowest BCUT2D eigenvalue weighted by Crippen LogP contribution is -2.42. The molecule has 0 fully saturated rings. The summed E-state index contributed by atoms with van der Waals surface area (Å²) in [6.07, 6.45) is 8.75. The second-order valence-electron chi connectivity index (χ2n) is 4.21. The molecule has 2 N–H and O–H groups in total. The summed E-state index contributed by atoms with van der Waals surface area (Å²) in [7, 11) is 0. The third-order valence-corrected chi connectivity index (χ3v) is 2.80. The van der Waals surface area contributed by atoms with Crippen LogP contribution in [0.2, 0.25) is 0 Å². The Hall–Kier alpha value is -0.340. The zero-order valence-electron chi connectivity index (χ0n) is 8.71. The fourth-order valence-electron chi connectivity index (χ4n) is 1.47. The number of rotatable bonds is 4. The first-order valence-electron chi connectivity index (χ1n) is 5.25. The molecular weight excluding hydrogens is 162 g/mol. The molecule has 0 bridgehead atoms. The van der Waals surface area contributed by atoms with Gasteiger partial charge in [-0.25, -0.2) is 0 Å². The van der Waals surface area contributed by atoms with Gasteiger partial charge in [-0.3, -0.25) is 0 Å². The smallest absolute Gasteiger partial charge is 0.0741 e. The van der Waals surface area contributed by atoms with E-state index in [-0.39, 0.29) is 0 Å². The Kier molecular flexibility index (Phi) is 3.94. The first-order chi connectivity index (χ1) is 6.14. The standard InChI is InChI=1S/C11H21NO/c1-3-11(2,13)9-12-10-7-5-4-6-8-10/h4-5,10,12-13H,3,6-9H2,1-2H3. The zero-order chi connectivity index (χ0) is 9.73. The van der Waals surface area contributed by atoms with Gasteiger partial charge in [0.1, 0.15) is 0 Å². The van der Waals surface area contributed by atoms with Gasteiger partial charge >= 0.3 is 0 Å². The molecule has 1 aliphatic carbocycles. The molecule has 0 spiro atoms. The Balaban J connectivity index is 2.22. The van der Waals surface area contributed by atoms with E-state index in [1.165, 1.54) is 12.8 Å². The van der Waals surface area contributed by atoms with Crippen molar-refractivity contribution in [3.8, 4) is 0 Å². The Morgan fingerprint density at radius 1 is 1.54 bits per heavy atom. The van der Waals surface area contributed by atoms with E-state index in [1.807, 2.05) is 13.8 Å². The van der Waals surface area contributed by atoms with Gasteiger partial charge in [0.05, 0.1) is 5.60 Å². The second kappa shape index (κ2) is 4.77. The van der Waals surface area contributed by atoms with Crippen LogP contribution in [-0.4, -0.2) is 23.3 Å². The molecule has 1 aliphatic rings. The molecule has 1 rings (SSSR count). The molecule has 2 nitrogen and oxygen atoms in total. The fourth-order valence-corrected chi connectivity index (χ4v) is 1.47. The summed E-state index contributed by atoms with van der Waals surface area (Å²) in [5.41, 5.74) is -0.541. The maximum absolute atomic E-state index is 9.77. The third kappa shape index (κ3) is 3.92. The molecule has 76 valence electrons. The van der Waals surface area contributed by atoms with Gasteiger partial charge in [0, 0.05) is 12.6 Å². The molecule has 2 heteroatoms. The largest absolute Gasteiger partial charge is 0.389 e. The highest BCUT2D eigenvalue weighted by molar-refractivity contribution is 4.93. The average Bonchev–Trinajstić information content (AvgIpc) is 2.17. The van der Waals surface area contributed by atoms with Gasteiger partial charge in [-0.2, -0.15) is 0 Å². The number of hydrogen-bond acceptors (Lipinski definition) is 2. The molecule has 2 atom stereocenters. The third-order valence-electron chi connectivity index (χ3n) is 2.80. The van der Waals surface area contributed by atoms with Crippen molar-refractivity contribution in [3.63, 3.8) is 0 Å². The quantitative estimate of drug-likeness (QED) is 0.652. The van der Waals surface area contributed by atoms with Crippen molar-refractivity contribution in [1.29, 1.82) is 0 Å². The van der Waals surface area contributed by atoms with Crippen molar-refractivity contribution in [1.82, 2.24) is 5.32 Å². The summed E-state index contributed by atoms with van der Waals surface area (Å²) in [4.78, 5) is 0. The maximum Gasteiger partial charge on any atom is 0.0741 e. The van der Waals surface area contributed by atoms with Crippen LogP contribution >= 0.6 is 0 Å². The molecule has 0 radical (unpaired) electrons. The highest BCUT2D eigenvalue weighted by Crippen LogP contribution is 2.12. The predicted octanol–water partition coefficient (Wildman–Crippen LogP) is 1.85. The molecule has 0 aromatic carbocycles. The van der Waals surface area contributed by atoms with Gasteiger partial charge in [-0.15, -0.1) is 0 Å². The lowest BCUT2D eigenvalue weighted by molar-refractivity contribution is 0.0525. The lowest BCUT2D eigenvalue weighted by atomic mass is 9.99. The molecule has 0 aliphatic heterocycles. The number of hydrogen-bond donors (Lipinski definition) is 2. The average molecular weight is 183 g/mol. The highest BCUT2D eigenvalue weighted by atomic mass is 16.3. The molecule has 13 heavy (non-hydrogen) atoms. The number of allylic oxidation sites excluding steroid dienone is 1. The minimum Gasteiger partial charge on any atom is -0.389 e. The Labute approximate surface area is 81.0 Å². The van der Waals surface area contributed by atoms with Crippen molar-refractivity contribution >= 4 is 0 Å². The first kappa shape index (κ1) is 10.7. The highest BCUT2D eigenvalue weighted by Gasteiger charge is 2.19. The van der Waals surface area contributed by atoms with Gasteiger partial charge in [0.25, 0.3) is 0 Å². The Morgan fingerprint density at radius 3 is 2.85 bits per heavy atom. The van der Waals surface area contributed by atoms with E-state index < -0.39 is 5.60 Å². The minimum absolute atomic E-state index is 0.541. The van der Waals surface area contributed by atoms with Gasteiger partial charge in [-0.1, -0.05) is 19.1 Å². The Morgan fingerprint density at radius 2 is 2.31 bits per heavy atom. The summed E-state index contributed by atoms with van der Waals surface area (Å²) >= 11 is 0. The molecule has 0 amide bonds. The topological polar surface area (TPSA) is 32.3 Å². The first-order valence-corrected chi connectivity index (χ1v) is 5.25. The normalized spacial score (nSPS) is 27.2. The maximum atomic E-state index is 9.77. The number of aliphatic hydroxyl groups is 1. The van der Waals surface area contributed by atoms with Crippen LogP contribution in [0.5, 0.6) is 0 Å². The summed E-state index contributed by atoms with van der Waals surface area (Å²) in [5, 5.41) is 13.2. The molecule has 0 saturated heterocycles. The fraction of sp³-hybridized carbons (Fsp3) is 0.818. The van der Waals surface area contributed by atoms with Crippen LogP contribution < -0.4 is 5.32 Å². The van der Waals surface area contributed by atoms with Crippen LogP contribution in [0.25, 0.3) is 0 Å². The van der Waals surface area contributed by atoms with Crippen LogP contribution in [0.4, 0.5) is 0 Å². The van der Waals surface area contributed by atoms with Gasteiger partial charge in [0.2, 0.25) is 0 Å². The minimum atomic E-state index is -0.541. The molecule has 0 aromatic rings. The van der Waals surface area contributed by atoms with Crippen molar-refractivity contribution in [2.24, 2.45) is 0 Å². The Bertz CT molecular complexity index is 175. The zero-order valence-corrected chi connectivity index (χ0v) is 8.71. The summed E-state index contributed by atoms with van der Waals surface area (Å²) < 4.78 is 0. The second-order valence-corrected chi connectivity index (χ2v) is 4.21. The van der Waals surface area contributed by atoms with Crippen LogP contribution in [0.15, 0.2) is 12.2 Å². The molecule has 0 aromatic heterocycles. The SMILES string of the molecule is CCC(C)(O)CNC1CC=CCC1. The monoisotopic (exact) mass is 183 g/mol. The van der Waals surface area contributed by atoms with E-state index in [0.29, 0.717) is 12.6 Å². The summed E-state index contributed by atoms with van der Waals surface area (Å²) in [6.45, 7) is 4.61. The van der Waals surface area contributed by atoms with E-state index >= 15 is 0 Å². The molecular formula is C11H21NO. The lowest BCUT2D eigenvalue weighted by Gasteiger charge is -2.26. The van der Waals surface area contributed by atoms with E-state index in [4.69, 9.17) is 0 Å². The number of nitrogens with one attached hydrogen (secondary N) is 1. The van der Waals surface area contributed by atoms with Crippen LogP contribution in [0, 0.1) is 0 Å². The van der Waals surface area contributed by atoms with E-state index in [1.54, 1.807) is 0 Å². The van der Waals surface area contributed by atoms with Crippen molar-refractivity contribution < 1.29 is 5.11 Å². The van der Waals surface area contributed by atoms with E-state index in [0.717, 1.165) is 12.8 Å². The molecule has 0 saturated carbocycles. The van der Waals surface area contributed by atoms with Crippen molar-refractivity contribution in [3.05, 3.63) is 12.2 Å². The van der Waals surface area contributed by atoms with E-state index in [9.17, 15) is 5.11 Å². The summed E-state index contributed by atoms with van der Waals surface area (Å²) in [6, 6.07) is 0.572. The molecule has 2 unspecified atom stereocenters. The predicted molar refractivity (Wildman–Crippen MR) is 55.7 cm³/mol. The van der Waals surface area contributed by atoms with Crippen LogP contribution in [0.3, 0.4) is 0 Å². The van der Waals surface area contributed by atoms with Crippen LogP contribution in [0.1, 0.15) is 39.5 Å². The van der Waals surface area contributed by atoms with Crippen molar-refractivity contribution in [2.45, 2.75) is 51.2 Å².